The Morgan fingerprint density at radius 1 is 1.09 bits per heavy atom. The first-order valence-electron chi connectivity index (χ1n) is 6.77. The van der Waals surface area contributed by atoms with Crippen LogP contribution in [0.3, 0.4) is 0 Å². The molecule has 0 amide bonds. The fourth-order valence-corrected chi connectivity index (χ4v) is 2.97. The number of rotatable bonds is 5. The lowest BCUT2D eigenvalue weighted by Gasteiger charge is -2.10. The van der Waals surface area contributed by atoms with Gasteiger partial charge in [-0.15, -0.1) is 0 Å². The summed E-state index contributed by atoms with van der Waals surface area (Å²) in [6.07, 6.45) is 0.722. The standard InChI is InChI=1S/C15H16IN3O2S2/c16-12-3-5-13(6-4-12)19-15(22)18-10-9-11-1-7-14(8-2-11)23(17,20)21/h1-8H,9-10H2,(H2,17,20,21)(H2,18,19,22). The van der Waals surface area contributed by atoms with Crippen molar-refractivity contribution in [1.29, 1.82) is 0 Å². The fraction of sp³-hybridized carbons (Fsp3) is 0.133. The largest absolute Gasteiger partial charge is 0.362 e. The smallest absolute Gasteiger partial charge is 0.238 e. The molecular weight excluding hydrogens is 445 g/mol. The molecule has 23 heavy (non-hydrogen) atoms. The molecule has 0 aliphatic carbocycles. The van der Waals surface area contributed by atoms with Gasteiger partial charge in [-0.2, -0.15) is 0 Å². The van der Waals surface area contributed by atoms with Crippen LogP contribution < -0.4 is 15.8 Å². The minimum Gasteiger partial charge on any atom is -0.362 e. The van der Waals surface area contributed by atoms with Crippen molar-refractivity contribution in [1.82, 2.24) is 5.32 Å². The molecule has 0 heterocycles. The van der Waals surface area contributed by atoms with Crippen molar-refractivity contribution >= 4 is 55.6 Å². The van der Waals surface area contributed by atoms with Gasteiger partial charge in [0.05, 0.1) is 4.90 Å². The number of sulfonamides is 1. The van der Waals surface area contributed by atoms with Gasteiger partial charge < -0.3 is 10.6 Å². The lowest BCUT2D eigenvalue weighted by atomic mass is 10.1. The topological polar surface area (TPSA) is 84.2 Å². The summed E-state index contributed by atoms with van der Waals surface area (Å²) in [4.78, 5) is 0.116. The minimum absolute atomic E-state index is 0.116. The Bertz CT molecular complexity index is 775. The highest BCUT2D eigenvalue weighted by atomic mass is 127. The molecule has 0 aromatic heterocycles. The quantitative estimate of drug-likeness (QED) is 0.471. The summed E-state index contributed by atoms with van der Waals surface area (Å²) in [5.74, 6) is 0. The molecule has 0 saturated carbocycles. The maximum Gasteiger partial charge on any atom is 0.238 e. The first kappa shape index (κ1) is 18.1. The van der Waals surface area contributed by atoms with Gasteiger partial charge in [0.25, 0.3) is 0 Å². The SMILES string of the molecule is NS(=O)(=O)c1ccc(CCNC(=S)Nc2ccc(I)cc2)cc1. The van der Waals surface area contributed by atoms with Gasteiger partial charge in [-0.25, -0.2) is 13.6 Å². The lowest BCUT2D eigenvalue weighted by molar-refractivity contribution is 0.598. The van der Waals surface area contributed by atoms with E-state index in [4.69, 9.17) is 17.4 Å². The number of nitrogens with one attached hydrogen (secondary N) is 2. The van der Waals surface area contributed by atoms with Crippen LogP contribution in [0.25, 0.3) is 0 Å². The Hall–Kier alpha value is -1.23. The molecule has 2 aromatic rings. The Balaban J connectivity index is 1.80. The number of benzene rings is 2. The van der Waals surface area contributed by atoms with E-state index in [0.29, 0.717) is 11.7 Å². The van der Waals surface area contributed by atoms with Crippen molar-refractivity contribution in [2.24, 2.45) is 5.14 Å². The molecule has 0 aliphatic rings. The number of thiocarbonyl (C=S) groups is 1. The first-order chi connectivity index (χ1) is 10.8. The third-order valence-electron chi connectivity index (χ3n) is 3.05. The second kappa shape index (κ2) is 8.04. The number of nitrogens with two attached hydrogens (primary N) is 1. The van der Waals surface area contributed by atoms with E-state index >= 15 is 0 Å². The van der Waals surface area contributed by atoms with Gasteiger partial charge in [0.15, 0.2) is 5.11 Å². The summed E-state index contributed by atoms with van der Waals surface area (Å²) < 4.78 is 23.5. The van der Waals surface area contributed by atoms with E-state index < -0.39 is 10.0 Å². The maximum absolute atomic E-state index is 11.2. The van der Waals surface area contributed by atoms with Crippen molar-refractivity contribution in [2.45, 2.75) is 11.3 Å². The average Bonchev–Trinajstić information content (AvgIpc) is 2.49. The highest BCUT2D eigenvalue weighted by Gasteiger charge is 2.06. The van der Waals surface area contributed by atoms with Gasteiger partial charge in [-0.3, -0.25) is 0 Å². The van der Waals surface area contributed by atoms with E-state index in [2.05, 4.69) is 33.2 Å². The van der Waals surface area contributed by atoms with Crippen molar-refractivity contribution in [3.8, 4) is 0 Å². The zero-order chi connectivity index (χ0) is 16.9. The summed E-state index contributed by atoms with van der Waals surface area (Å²) in [7, 11) is -3.64. The Morgan fingerprint density at radius 3 is 2.26 bits per heavy atom. The second-order valence-electron chi connectivity index (χ2n) is 4.83. The van der Waals surface area contributed by atoms with Crippen molar-refractivity contribution in [2.75, 3.05) is 11.9 Å². The van der Waals surface area contributed by atoms with Crippen molar-refractivity contribution in [3.05, 3.63) is 57.7 Å². The highest BCUT2D eigenvalue weighted by molar-refractivity contribution is 14.1. The molecule has 0 bridgehead atoms. The lowest BCUT2D eigenvalue weighted by Crippen LogP contribution is -2.30. The van der Waals surface area contributed by atoms with Crippen LogP contribution in [0.5, 0.6) is 0 Å². The zero-order valence-electron chi connectivity index (χ0n) is 12.1. The van der Waals surface area contributed by atoms with Crippen LogP contribution in [0, 0.1) is 3.57 Å². The number of primary sulfonamides is 1. The predicted molar refractivity (Wildman–Crippen MR) is 105 cm³/mol. The Kier molecular flexibility index (Phi) is 6.33. The number of anilines is 1. The molecular formula is C15H16IN3O2S2. The van der Waals surface area contributed by atoms with Crippen LogP contribution in [-0.2, 0) is 16.4 Å². The van der Waals surface area contributed by atoms with Crippen LogP contribution >= 0.6 is 34.8 Å². The molecule has 0 atom stereocenters. The van der Waals surface area contributed by atoms with Crippen LogP contribution in [0.15, 0.2) is 53.4 Å². The molecule has 8 heteroatoms. The van der Waals surface area contributed by atoms with Crippen LogP contribution in [0.4, 0.5) is 5.69 Å². The molecule has 0 aliphatic heterocycles. The van der Waals surface area contributed by atoms with Gasteiger partial charge in [0, 0.05) is 15.8 Å². The van der Waals surface area contributed by atoms with Gasteiger partial charge in [0.2, 0.25) is 10.0 Å². The Morgan fingerprint density at radius 2 is 1.70 bits per heavy atom. The molecule has 0 radical (unpaired) electrons. The summed E-state index contributed by atoms with van der Waals surface area (Å²) in [6, 6.07) is 14.4. The first-order valence-corrected chi connectivity index (χ1v) is 9.80. The molecule has 0 spiro atoms. The van der Waals surface area contributed by atoms with Crippen LogP contribution in [0.1, 0.15) is 5.56 Å². The van der Waals surface area contributed by atoms with Crippen LogP contribution in [0.2, 0.25) is 0 Å². The van der Waals surface area contributed by atoms with Crippen molar-refractivity contribution in [3.63, 3.8) is 0 Å². The zero-order valence-corrected chi connectivity index (χ0v) is 15.9. The second-order valence-corrected chi connectivity index (χ2v) is 8.04. The number of halogens is 1. The molecule has 2 aromatic carbocycles. The van der Waals surface area contributed by atoms with E-state index in [1.165, 1.54) is 12.1 Å². The molecule has 0 fully saturated rings. The average molecular weight is 461 g/mol. The van der Waals surface area contributed by atoms with Gasteiger partial charge in [0.1, 0.15) is 0 Å². The monoisotopic (exact) mass is 461 g/mol. The third kappa shape index (κ3) is 6.05. The normalized spacial score (nSPS) is 11.0. The minimum atomic E-state index is -3.64. The van der Waals surface area contributed by atoms with Gasteiger partial charge >= 0.3 is 0 Å². The summed E-state index contributed by atoms with van der Waals surface area (Å²) in [6.45, 7) is 0.644. The van der Waals surface area contributed by atoms with E-state index in [9.17, 15) is 8.42 Å². The van der Waals surface area contributed by atoms with Gasteiger partial charge in [-0.05, 0) is 83.2 Å². The van der Waals surface area contributed by atoms with Gasteiger partial charge in [-0.1, -0.05) is 12.1 Å². The number of hydrogen-bond donors (Lipinski definition) is 3. The molecule has 122 valence electrons. The van der Waals surface area contributed by atoms with E-state index in [-0.39, 0.29) is 4.90 Å². The van der Waals surface area contributed by atoms with Crippen molar-refractivity contribution < 1.29 is 8.42 Å². The molecule has 0 saturated heterocycles. The Labute approximate surface area is 154 Å². The predicted octanol–water partition coefficient (Wildman–Crippen LogP) is 2.47. The third-order valence-corrected chi connectivity index (χ3v) is 4.95. The van der Waals surface area contributed by atoms with E-state index in [0.717, 1.165) is 21.2 Å². The molecule has 0 unspecified atom stereocenters. The number of hydrogen-bond acceptors (Lipinski definition) is 3. The van der Waals surface area contributed by atoms with E-state index in [1.807, 2.05) is 24.3 Å². The maximum atomic E-state index is 11.2. The van der Waals surface area contributed by atoms with Crippen LogP contribution in [-0.4, -0.2) is 20.1 Å². The fourth-order valence-electron chi connectivity index (χ4n) is 1.87. The molecule has 2 rings (SSSR count). The molecule has 5 nitrogen and oxygen atoms in total. The van der Waals surface area contributed by atoms with E-state index in [1.54, 1.807) is 12.1 Å². The summed E-state index contributed by atoms with van der Waals surface area (Å²) in [5.41, 5.74) is 1.93. The molecule has 4 N–H and O–H groups in total. The summed E-state index contributed by atoms with van der Waals surface area (Å²) >= 11 is 7.48. The summed E-state index contributed by atoms with van der Waals surface area (Å²) in [5, 5.41) is 11.8. The highest BCUT2D eigenvalue weighted by Crippen LogP contribution is 2.11.